The van der Waals surface area contributed by atoms with Gasteiger partial charge in [-0.1, -0.05) is 12.1 Å². The van der Waals surface area contributed by atoms with Crippen LogP contribution in [0, 0.1) is 0 Å². The molecule has 0 saturated carbocycles. The quantitative estimate of drug-likeness (QED) is 0.757. The molecule has 1 aromatic rings. The highest BCUT2D eigenvalue weighted by Crippen LogP contribution is 2.01. The average Bonchev–Trinajstić information content (AvgIpc) is 2.39. The van der Waals surface area contributed by atoms with E-state index >= 15 is 0 Å². The van der Waals surface area contributed by atoms with Gasteiger partial charge in [0, 0.05) is 13.2 Å². The predicted octanol–water partition coefficient (Wildman–Crippen LogP) is 1.25. The number of hydrogen-bond donors (Lipinski definition) is 2. The molecule has 102 valence electrons. The lowest BCUT2D eigenvalue weighted by Crippen LogP contribution is -2.46. The average molecular weight is 263 g/mol. The maximum atomic E-state index is 11.8. The number of carboxylic acid groups (broad SMARTS) is 1. The number of urea groups is 1. The van der Waals surface area contributed by atoms with Crippen LogP contribution in [-0.2, 0) is 11.3 Å². The maximum absolute atomic E-state index is 11.8. The third kappa shape index (κ3) is 4.79. The normalized spacial score (nSPS) is 11.4. The molecule has 2 N–H and O–H groups in total. The van der Waals surface area contributed by atoms with Gasteiger partial charge in [-0.2, -0.15) is 0 Å². The van der Waals surface area contributed by atoms with E-state index in [1.165, 1.54) is 11.0 Å². The van der Waals surface area contributed by atoms with Crippen molar-refractivity contribution in [3.05, 3.63) is 42.7 Å². The van der Waals surface area contributed by atoms with E-state index in [9.17, 15) is 9.59 Å². The summed E-state index contributed by atoms with van der Waals surface area (Å²) in [7, 11) is 1.58. The molecular weight excluding hydrogens is 246 g/mol. The molecule has 0 aromatic carbocycles. The van der Waals surface area contributed by atoms with Crippen molar-refractivity contribution in [3.63, 3.8) is 0 Å². The Labute approximate surface area is 111 Å². The molecule has 6 heteroatoms. The second-order valence-corrected chi connectivity index (χ2v) is 4.04. The summed E-state index contributed by atoms with van der Waals surface area (Å²) in [5.74, 6) is -1.08. The zero-order chi connectivity index (χ0) is 14.3. The Hall–Kier alpha value is -2.37. The lowest BCUT2D eigenvalue weighted by Gasteiger charge is -2.20. The third-order valence-electron chi connectivity index (χ3n) is 2.47. The monoisotopic (exact) mass is 263 g/mol. The summed E-state index contributed by atoms with van der Waals surface area (Å²) < 4.78 is 0. The molecule has 0 spiro atoms. The van der Waals surface area contributed by atoms with Gasteiger partial charge in [0.2, 0.25) is 0 Å². The predicted molar refractivity (Wildman–Crippen MR) is 70.5 cm³/mol. The van der Waals surface area contributed by atoms with E-state index < -0.39 is 18.0 Å². The van der Waals surface area contributed by atoms with Crippen molar-refractivity contribution in [1.29, 1.82) is 0 Å². The molecule has 1 atom stereocenters. The van der Waals surface area contributed by atoms with E-state index in [2.05, 4.69) is 16.9 Å². The van der Waals surface area contributed by atoms with Gasteiger partial charge in [-0.25, -0.2) is 9.59 Å². The Morgan fingerprint density at radius 1 is 1.58 bits per heavy atom. The van der Waals surface area contributed by atoms with Crippen LogP contribution in [0.25, 0.3) is 0 Å². The second kappa shape index (κ2) is 7.15. The summed E-state index contributed by atoms with van der Waals surface area (Å²) in [6.07, 6.45) is 3.27. The molecule has 0 radical (unpaired) electrons. The number of hydrogen-bond acceptors (Lipinski definition) is 3. The summed E-state index contributed by atoms with van der Waals surface area (Å²) in [5, 5.41) is 11.4. The van der Waals surface area contributed by atoms with Crippen LogP contribution < -0.4 is 5.32 Å². The molecule has 0 aliphatic carbocycles. The van der Waals surface area contributed by atoms with E-state index in [1.54, 1.807) is 25.4 Å². The number of nitrogens with one attached hydrogen (secondary N) is 1. The van der Waals surface area contributed by atoms with Gasteiger partial charge in [0.25, 0.3) is 0 Å². The van der Waals surface area contributed by atoms with Crippen molar-refractivity contribution >= 4 is 12.0 Å². The Morgan fingerprint density at radius 3 is 2.84 bits per heavy atom. The molecule has 0 aliphatic heterocycles. The first-order valence-corrected chi connectivity index (χ1v) is 5.80. The largest absolute Gasteiger partial charge is 0.480 e. The number of nitrogens with zero attached hydrogens (tertiary/aromatic N) is 2. The maximum Gasteiger partial charge on any atom is 0.326 e. The first-order chi connectivity index (χ1) is 9.04. The number of carboxylic acids is 1. The molecule has 1 aromatic heterocycles. The lowest BCUT2D eigenvalue weighted by atomic mass is 10.2. The summed E-state index contributed by atoms with van der Waals surface area (Å²) in [6.45, 7) is 3.78. The fraction of sp³-hybridized carbons (Fsp3) is 0.308. The van der Waals surface area contributed by atoms with E-state index in [-0.39, 0.29) is 6.42 Å². The smallest absolute Gasteiger partial charge is 0.326 e. The number of pyridine rings is 1. The van der Waals surface area contributed by atoms with Crippen LogP contribution in [0.15, 0.2) is 37.1 Å². The van der Waals surface area contributed by atoms with E-state index in [4.69, 9.17) is 5.11 Å². The topological polar surface area (TPSA) is 82.5 Å². The van der Waals surface area contributed by atoms with Crippen LogP contribution in [0.5, 0.6) is 0 Å². The van der Waals surface area contributed by atoms with E-state index in [0.717, 1.165) is 5.69 Å². The van der Waals surface area contributed by atoms with Gasteiger partial charge in [-0.05, 0) is 18.6 Å². The second-order valence-electron chi connectivity index (χ2n) is 4.04. The van der Waals surface area contributed by atoms with E-state index in [0.29, 0.717) is 6.54 Å². The third-order valence-corrected chi connectivity index (χ3v) is 2.47. The number of aliphatic carboxylic acids is 1. The van der Waals surface area contributed by atoms with Crippen LogP contribution in [0.4, 0.5) is 4.79 Å². The minimum Gasteiger partial charge on any atom is -0.480 e. The van der Waals surface area contributed by atoms with Crippen molar-refractivity contribution in [1.82, 2.24) is 15.2 Å². The summed E-state index contributed by atoms with van der Waals surface area (Å²) in [6, 6.07) is 3.98. The van der Waals surface area contributed by atoms with Crippen LogP contribution in [0.3, 0.4) is 0 Å². The molecule has 0 fully saturated rings. The highest BCUT2D eigenvalue weighted by molar-refractivity contribution is 5.82. The molecule has 19 heavy (non-hydrogen) atoms. The highest BCUT2D eigenvalue weighted by Gasteiger charge is 2.20. The number of amides is 2. The Kier molecular flexibility index (Phi) is 5.53. The Bertz CT molecular complexity index is 448. The fourth-order valence-electron chi connectivity index (χ4n) is 1.45. The zero-order valence-corrected chi connectivity index (χ0v) is 10.7. The van der Waals surface area contributed by atoms with Crippen molar-refractivity contribution in [2.75, 3.05) is 7.05 Å². The summed E-state index contributed by atoms with van der Waals surface area (Å²) in [4.78, 5) is 28.2. The first kappa shape index (κ1) is 14.7. The van der Waals surface area contributed by atoms with Crippen LogP contribution in [0.2, 0.25) is 0 Å². The van der Waals surface area contributed by atoms with Crippen molar-refractivity contribution < 1.29 is 14.7 Å². The molecular formula is C13H17N3O3. The van der Waals surface area contributed by atoms with Crippen LogP contribution in [0.1, 0.15) is 12.1 Å². The standard InChI is InChI=1S/C13H17N3O3/c1-3-6-11(12(17)18)15-13(19)16(2)9-10-7-4-5-8-14-10/h3-5,7-8,11H,1,6,9H2,2H3,(H,15,19)(H,17,18). The molecule has 0 bridgehead atoms. The minimum atomic E-state index is -1.08. The SMILES string of the molecule is C=CCC(NC(=O)N(C)Cc1ccccn1)C(=O)O. The number of carbonyl (C=O) groups excluding carboxylic acids is 1. The summed E-state index contributed by atoms with van der Waals surface area (Å²) >= 11 is 0. The molecule has 6 nitrogen and oxygen atoms in total. The number of rotatable bonds is 6. The van der Waals surface area contributed by atoms with Crippen molar-refractivity contribution in [2.45, 2.75) is 19.0 Å². The van der Waals surface area contributed by atoms with Crippen LogP contribution >= 0.6 is 0 Å². The van der Waals surface area contributed by atoms with Gasteiger partial charge < -0.3 is 15.3 Å². The fourth-order valence-corrected chi connectivity index (χ4v) is 1.45. The van der Waals surface area contributed by atoms with Gasteiger partial charge in [-0.3, -0.25) is 4.98 Å². The lowest BCUT2D eigenvalue weighted by molar-refractivity contribution is -0.139. The molecule has 0 saturated heterocycles. The molecule has 1 heterocycles. The number of carbonyl (C=O) groups is 2. The van der Waals surface area contributed by atoms with Crippen molar-refractivity contribution in [3.8, 4) is 0 Å². The van der Waals surface area contributed by atoms with Gasteiger partial charge in [-0.15, -0.1) is 6.58 Å². The molecule has 2 amide bonds. The van der Waals surface area contributed by atoms with Gasteiger partial charge >= 0.3 is 12.0 Å². The molecule has 0 aliphatic rings. The Balaban J connectivity index is 2.56. The summed E-state index contributed by atoms with van der Waals surface area (Å²) in [5.41, 5.74) is 0.732. The Morgan fingerprint density at radius 2 is 2.32 bits per heavy atom. The van der Waals surface area contributed by atoms with Crippen molar-refractivity contribution in [2.24, 2.45) is 0 Å². The van der Waals surface area contributed by atoms with E-state index in [1.807, 2.05) is 6.07 Å². The molecule has 1 rings (SSSR count). The first-order valence-electron chi connectivity index (χ1n) is 5.80. The van der Waals surface area contributed by atoms with Gasteiger partial charge in [0.05, 0.1) is 12.2 Å². The number of aromatic nitrogens is 1. The molecule has 1 unspecified atom stereocenters. The van der Waals surface area contributed by atoms with Gasteiger partial charge in [0.1, 0.15) is 6.04 Å². The van der Waals surface area contributed by atoms with Crippen LogP contribution in [-0.4, -0.2) is 40.1 Å². The minimum absolute atomic E-state index is 0.179. The van der Waals surface area contributed by atoms with Gasteiger partial charge in [0.15, 0.2) is 0 Å². The highest BCUT2D eigenvalue weighted by atomic mass is 16.4. The zero-order valence-electron chi connectivity index (χ0n) is 10.7.